The maximum absolute atomic E-state index is 13.1. The first-order chi connectivity index (χ1) is 9.88. The SMILES string of the molecule is O=C(O)C(Nc1ccc(Cl)c(Br)c1)c1ccc(F)cc1Br. The highest BCUT2D eigenvalue weighted by molar-refractivity contribution is 9.10. The molecule has 2 N–H and O–H groups in total. The van der Waals surface area contributed by atoms with Crippen molar-refractivity contribution in [3.8, 4) is 0 Å². The number of carboxylic acid groups (broad SMARTS) is 1. The van der Waals surface area contributed by atoms with E-state index in [9.17, 15) is 14.3 Å². The van der Waals surface area contributed by atoms with Crippen LogP contribution in [0.1, 0.15) is 11.6 Å². The molecule has 0 fully saturated rings. The van der Waals surface area contributed by atoms with Gasteiger partial charge in [-0.25, -0.2) is 9.18 Å². The molecule has 2 aromatic carbocycles. The zero-order valence-corrected chi connectivity index (χ0v) is 14.3. The van der Waals surface area contributed by atoms with E-state index in [0.717, 1.165) is 0 Å². The molecule has 0 aliphatic heterocycles. The normalized spacial score (nSPS) is 12.0. The van der Waals surface area contributed by atoms with Gasteiger partial charge in [-0.2, -0.15) is 0 Å². The van der Waals surface area contributed by atoms with Gasteiger partial charge in [0, 0.05) is 14.6 Å². The lowest BCUT2D eigenvalue weighted by molar-refractivity contribution is -0.138. The molecule has 0 saturated carbocycles. The van der Waals surface area contributed by atoms with Gasteiger partial charge in [-0.3, -0.25) is 0 Å². The van der Waals surface area contributed by atoms with Crippen molar-refractivity contribution in [2.75, 3.05) is 5.32 Å². The Morgan fingerprint density at radius 3 is 2.48 bits per heavy atom. The van der Waals surface area contributed by atoms with Gasteiger partial charge in [0.25, 0.3) is 0 Å². The molecule has 0 aromatic heterocycles. The summed E-state index contributed by atoms with van der Waals surface area (Å²) in [6, 6.07) is 7.84. The minimum Gasteiger partial charge on any atom is -0.479 e. The number of halogens is 4. The summed E-state index contributed by atoms with van der Waals surface area (Å²) in [7, 11) is 0. The molecule has 7 heteroatoms. The van der Waals surface area contributed by atoms with Gasteiger partial charge in [-0.05, 0) is 51.8 Å². The molecule has 1 unspecified atom stereocenters. The third-order valence-electron chi connectivity index (χ3n) is 2.75. The Morgan fingerprint density at radius 2 is 1.90 bits per heavy atom. The molecule has 0 radical (unpaired) electrons. The predicted molar refractivity (Wildman–Crippen MR) is 87.3 cm³/mol. The van der Waals surface area contributed by atoms with Crippen molar-refractivity contribution in [2.24, 2.45) is 0 Å². The molecule has 0 spiro atoms. The Bertz CT molecular complexity index is 697. The molecule has 21 heavy (non-hydrogen) atoms. The largest absolute Gasteiger partial charge is 0.479 e. The Balaban J connectivity index is 2.35. The first kappa shape index (κ1) is 16.3. The van der Waals surface area contributed by atoms with Crippen molar-refractivity contribution in [1.29, 1.82) is 0 Å². The van der Waals surface area contributed by atoms with Crippen LogP contribution in [0.4, 0.5) is 10.1 Å². The molecular formula is C14H9Br2ClFNO2. The van der Waals surface area contributed by atoms with Crippen LogP contribution < -0.4 is 5.32 Å². The zero-order valence-electron chi connectivity index (χ0n) is 10.4. The van der Waals surface area contributed by atoms with Crippen LogP contribution in [0.15, 0.2) is 45.3 Å². The lowest BCUT2D eigenvalue weighted by atomic mass is 10.1. The van der Waals surface area contributed by atoms with Gasteiger partial charge < -0.3 is 10.4 Å². The van der Waals surface area contributed by atoms with E-state index in [2.05, 4.69) is 37.2 Å². The molecule has 2 rings (SSSR count). The molecule has 0 amide bonds. The van der Waals surface area contributed by atoms with Crippen molar-refractivity contribution in [2.45, 2.75) is 6.04 Å². The highest BCUT2D eigenvalue weighted by Gasteiger charge is 2.22. The molecule has 0 aliphatic carbocycles. The number of anilines is 1. The van der Waals surface area contributed by atoms with Crippen LogP contribution in [-0.2, 0) is 4.79 Å². The third-order valence-corrected chi connectivity index (χ3v) is 4.65. The van der Waals surface area contributed by atoms with Crippen LogP contribution in [0.25, 0.3) is 0 Å². The van der Waals surface area contributed by atoms with Crippen molar-refractivity contribution in [3.63, 3.8) is 0 Å². The van der Waals surface area contributed by atoms with Crippen LogP contribution in [0.2, 0.25) is 5.02 Å². The molecule has 0 saturated heterocycles. The average molecular weight is 437 g/mol. The second-order valence-corrected chi connectivity index (χ2v) is 6.33. The average Bonchev–Trinajstić information content (AvgIpc) is 2.40. The van der Waals surface area contributed by atoms with Gasteiger partial charge in [0.15, 0.2) is 6.04 Å². The highest BCUT2D eigenvalue weighted by Crippen LogP contribution is 2.30. The second-order valence-electron chi connectivity index (χ2n) is 4.21. The molecule has 3 nitrogen and oxygen atoms in total. The fraction of sp³-hybridized carbons (Fsp3) is 0.0714. The van der Waals surface area contributed by atoms with Gasteiger partial charge >= 0.3 is 5.97 Å². The standard InChI is InChI=1S/C14H9Br2ClFNO2/c15-10-5-7(18)1-3-9(10)13(14(20)21)19-8-2-4-12(17)11(16)6-8/h1-6,13,19H,(H,20,21). The summed E-state index contributed by atoms with van der Waals surface area (Å²) in [6.45, 7) is 0. The molecule has 2 aromatic rings. The van der Waals surface area contributed by atoms with Crippen LogP contribution in [0.3, 0.4) is 0 Å². The second kappa shape index (κ2) is 6.77. The van der Waals surface area contributed by atoms with E-state index in [1.165, 1.54) is 18.2 Å². The molecule has 0 bridgehead atoms. The molecular weight excluding hydrogens is 428 g/mol. The summed E-state index contributed by atoms with van der Waals surface area (Å²) in [5, 5.41) is 12.8. The smallest absolute Gasteiger partial charge is 0.330 e. The minimum absolute atomic E-state index is 0.385. The van der Waals surface area contributed by atoms with E-state index < -0.39 is 17.8 Å². The van der Waals surface area contributed by atoms with Gasteiger partial charge in [-0.1, -0.05) is 33.6 Å². The Labute approximate surface area is 142 Å². The number of carboxylic acids is 1. The van der Waals surface area contributed by atoms with E-state index in [1.54, 1.807) is 18.2 Å². The zero-order chi connectivity index (χ0) is 15.6. The van der Waals surface area contributed by atoms with E-state index in [-0.39, 0.29) is 0 Å². The molecule has 110 valence electrons. The summed E-state index contributed by atoms with van der Waals surface area (Å²) in [5.41, 5.74) is 1.00. The summed E-state index contributed by atoms with van der Waals surface area (Å²) >= 11 is 12.4. The van der Waals surface area contributed by atoms with Gasteiger partial charge in [0.05, 0.1) is 5.02 Å². The number of nitrogens with one attached hydrogen (secondary N) is 1. The number of rotatable bonds is 4. The van der Waals surface area contributed by atoms with E-state index in [4.69, 9.17) is 11.6 Å². The summed E-state index contributed by atoms with van der Waals surface area (Å²) in [6.07, 6.45) is 0. The first-order valence-electron chi connectivity index (χ1n) is 5.78. The van der Waals surface area contributed by atoms with Gasteiger partial charge in [-0.15, -0.1) is 0 Å². The summed E-state index contributed by atoms with van der Waals surface area (Å²) < 4.78 is 14.2. The molecule has 0 aliphatic rings. The number of hydrogen-bond acceptors (Lipinski definition) is 2. The lowest BCUT2D eigenvalue weighted by Crippen LogP contribution is -2.21. The number of hydrogen-bond donors (Lipinski definition) is 2. The quantitative estimate of drug-likeness (QED) is 0.688. The van der Waals surface area contributed by atoms with Gasteiger partial charge in [0.2, 0.25) is 0 Å². The van der Waals surface area contributed by atoms with Crippen molar-refractivity contribution < 1.29 is 14.3 Å². The third kappa shape index (κ3) is 3.96. The van der Waals surface area contributed by atoms with Gasteiger partial charge in [0.1, 0.15) is 5.82 Å². The Hall–Kier alpha value is -1.11. The predicted octanol–water partition coefficient (Wildman–Crippen LogP) is 5.24. The van der Waals surface area contributed by atoms with E-state index in [1.807, 2.05) is 0 Å². The Morgan fingerprint density at radius 1 is 1.19 bits per heavy atom. The summed E-state index contributed by atoms with van der Waals surface area (Å²) in [4.78, 5) is 11.5. The highest BCUT2D eigenvalue weighted by atomic mass is 79.9. The van der Waals surface area contributed by atoms with Crippen molar-refractivity contribution in [3.05, 3.63) is 61.7 Å². The van der Waals surface area contributed by atoms with Crippen LogP contribution in [0.5, 0.6) is 0 Å². The van der Waals surface area contributed by atoms with Crippen LogP contribution in [0, 0.1) is 5.82 Å². The molecule has 1 atom stereocenters. The van der Waals surface area contributed by atoms with Crippen LogP contribution >= 0.6 is 43.5 Å². The van der Waals surface area contributed by atoms with Crippen LogP contribution in [-0.4, -0.2) is 11.1 Å². The van der Waals surface area contributed by atoms with E-state index >= 15 is 0 Å². The maximum Gasteiger partial charge on any atom is 0.330 e. The fourth-order valence-electron chi connectivity index (χ4n) is 1.76. The van der Waals surface area contributed by atoms with Crippen molar-refractivity contribution in [1.82, 2.24) is 0 Å². The monoisotopic (exact) mass is 435 g/mol. The number of benzene rings is 2. The maximum atomic E-state index is 13.1. The fourth-order valence-corrected chi connectivity index (χ4v) is 2.84. The number of carbonyl (C=O) groups is 1. The topological polar surface area (TPSA) is 49.3 Å². The minimum atomic E-state index is -1.08. The number of aliphatic carboxylic acids is 1. The summed E-state index contributed by atoms with van der Waals surface area (Å²) in [5.74, 6) is -1.52. The lowest BCUT2D eigenvalue weighted by Gasteiger charge is -2.18. The Kier molecular flexibility index (Phi) is 5.24. The van der Waals surface area contributed by atoms with Crippen molar-refractivity contribution >= 4 is 55.1 Å². The van der Waals surface area contributed by atoms with E-state index in [0.29, 0.717) is 25.2 Å². The first-order valence-corrected chi connectivity index (χ1v) is 7.74. The molecule has 0 heterocycles.